The van der Waals surface area contributed by atoms with Crippen molar-refractivity contribution >= 4 is 5.91 Å². The molecule has 0 aromatic heterocycles. The number of nitrogens with one attached hydrogen (secondary N) is 2. The monoisotopic (exact) mass is 300 g/mol. The van der Waals surface area contributed by atoms with E-state index in [1.807, 2.05) is 12.1 Å². The zero-order chi connectivity index (χ0) is 15.3. The van der Waals surface area contributed by atoms with Gasteiger partial charge in [-0.1, -0.05) is 18.2 Å². The van der Waals surface area contributed by atoms with Crippen molar-refractivity contribution in [2.75, 3.05) is 13.1 Å². The lowest BCUT2D eigenvalue weighted by molar-refractivity contribution is -0.126. The summed E-state index contributed by atoms with van der Waals surface area (Å²) in [5.41, 5.74) is 0.929. The predicted molar refractivity (Wildman–Crippen MR) is 84.7 cm³/mol. The molecule has 0 radical (unpaired) electrons. The van der Waals surface area contributed by atoms with Crippen LogP contribution < -0.4 is 15.4 Å². The molecule has 4 atom stereocenters. The van der Waals surface area contributed by atoms with E-state index in [1.165, 1.54) is 5.56 Å². The van der Waals surface area contributed by atoms with Gasteiger partial charge in [0.25, 0.3) is 0 Å². The number of piperidine rings is 1. The molecular weight excluding hydrogens is 276 g/mol. The van der Waals surface area contributed by atoms with Crippen molar-refractivity contribution < 1.29 is 9.53 Å². The molecule has 1 saturated carbocycles. The molecule has 2 fully saturated rings. The largest absolute Gasteiger partial charge is 0.488 e. The highest BCUT2D eigenvalue weighted by atomic mass is 16.5. The normalized spacial score (nSPS) is 32.6. The highest BCUT2D eigenvalue weighted by molar-refractivity contribution is 5.83. The van der Waals surface area contributed by atoms with E-state index < -0.39 is 0 Å². The highest BCUT2D eigenvalue weighted by Gasteiger charge is 2.57. The Bertz CT molecular complexity index is 589. The second-order valence-electron chi connectivity index (χ2n) is 7.48. The summed E-state index contributed by atoms with van der Waals surface area (Å²) in [4.78, 5) is 12.5. The van der Waals surface area contributed by atoms with E-state index in [0.29, 0.717) is 11.8 Å². The summed E-state index contributed by atoms with van der Waals surface area (Å²) in [6.07, 6.45) is 1.99. The number of fused-ring (bicyclic) bond motifs is 2. The van der Waals surface area contributed by atoms with E-state index >= 15 is 0 Å². The third kappa shape index (κ3) is 2.30. The first-order chi connectivity index (χ1) is 10.6. The molecule has 1 aromatic rings. The molecule has 1 aliphatic carbocycles. The van der Waals surface area contributed by atoms with Gasteiger partial charge in [-0.25, -0.2) is 0 Å². The minimum atomic E-state index is -0.338. The van der Waals surface area contributed by atoms with E-state index in [9.17, 15) is 4.79 Å². The second kappa shape index (κ2) is 4.98. The summed E-state index contributed by atoms with van der Waals surface area (Å²) < 4.78 is 6.16. The molecular formula is C18H24N2O2. The number of amides is 1. The van der Waals surface area contributed by atoms with E-state index in [2.05, 4.69) is 36.6 Å². The van der Waals surface area contributed by atoms with Crippen molar-refractivity contribution in [1.29, 1.82) is 0 Å². The maximum atomic E-state index is 12.5. The molecule has 2 heterocycles. The third-order valence-corrected chi connectivity index (χ3v) is 5.56. The standard InChI is InChI=1S/C18H24N2O2/c1-18(2,20-17(21)16-12-9-19-10-13(12)16)15-8-7-11-5-3-4-6-14(11)22-15/h3-6,12-13,15-16,19H,7-10H2,1-2H3,(H,20,21)/t12-,13?,15?,16?/m0/s1. The van der Waals surface area contributed by atoms with Crippen LogP contribution in [0.15, 0.2) is 24.3 Å². The Hall–Kier alpha value is -1.55. The van der Waals surface area contributed by atoms with Crippen molar-refractivity contribution in [2.45, 2.75) is 38.3 Å². The van der Waals surface area contributed by atoms with Crippen molar-refractivity contribution in [3.63, 3.8) is 0 Å². The fraction of sp³-hybridized carbons (Fsp3) is 0.611. The average Bonchev–Trinajstić information content (AvgIpc) is 3.00. The molecule has 22 heavy (non-hydrogen) atoms. The van der Waals surface area contributed by atoms with Crippen LogP contribution in [0.25, 0.3) is 0 Å². The first kappa shape index (κ1) is 14.1. The molecule has 4 nitrogen and oxygen atoms in total. The Morgan fingerprint density at radius 2 is 2.00 bits per heavy atom. The zero-order valence-corrected chi connectivity index (χ0v) is 13.3. The van der Waals surface area contributed by atoms with Gasteiger partial charge in [-0.3, -0.25) is 4.79 Å². The quantitative estimate of drug-likeness (QED) is 0.894. The summed E-state index contributed by atoms with van der Waals surface area (Å²) >= 11 is 0. The lowest BCUT2D eigenvalue weighted by atomic mass is 9.89. The number of hydrogen-bond donors (Lipinski definition) is 2. The van der Waals surface area contributed by atoms with Crippen LogP contribution in [0.1, 0.15) is 25.8 Å². The van der Waals surface area contributed by atoms with Crippen LogP contribution in [-0.2, 0) is 11.2 Å². The Labute approximate surface area is 131 Å². The summed E-state index contributed by atoms with van der Waals surface area (Å²) in [6, 6.07) is 8.20. The molecule has 2 N–H and O–H groups in total. The van der Waals surface area contributed by atoms with E-state index in [0.717, 1.165) is 31.7 Å². The number of carbonyl (C=O) groups is 1. The van der Waals surface area contributed by atoms with Gasteiger partial charge in [0.1, 0.15) is 11.9 Å². The van der Waals surface area contributed by atoms with Gasteiger partial charge in [0.2, 0.25) is 5.91 Å². The van der Waals surface area contributed by atoms with Gasteiger partial charge in [-0.2, -0.15) is 0 Å². The van der Waals surface area contributed by atoms with Crippen molar-refractivity contribution in [1.82, 2.24) is 10.6 Å². The van der Waals surface area contributed by atoms with Gasteiger partial charge in [-0.15, -0.1) is 0 Å². The Balaban J connectivity index is 1.42. The molecule has 1 saturated heterocycles. The number of rotatable bonds is 3. The molecule has 3 unspecified atom stereocenters. The van der Waals surface area contributed by atoms with Crippen molar-refractivity contribution in [3.05, 3.63) is 29.8 Å². The lowest BCUT2D eigenvalue weighted by Crippen LogP contribution is -2.56. The number of hydrogen-bond acceptors (Lipinski definition) is 3. The van der Waals surface area contributed by atoms with Crippen molar-refractivity contribution in [3.8, 4) is 5.75 Å². The van der Waals surface area contributed by atoms with Crippen LogP contribution in [-0.4, -0.2) is 30.6 Å². The van der Waals surface area contributed by atoms with E-state index in [-0.39, 0.29) is 23.5 Å². The maximum Gasteiger partial charge on any atom is 0.224 e. The lowest BCUT2D eigenvalue weighted by Gasteiger charge is -2.38. The van der Waals surface area contributed by atoms with Crippen LogP contribution in [0, 0.1) is 17.8 Å². The average molecular weight is 300 g/mol. The smallest absolute Gasteiger partial charge is 0.224 e. The van der Waals surface area contributed by atoms with Crippen LogP contribution in [0.2, 0.25) is 0 Å². The summed E-state index contributed by atoms with van der Waals surface area (Å²) in [6.45, 7) is 6.16. The summed E-state index contributed by atoms with van der Waals surface area (Å²) in [7, 11) is 0. The van der Waals surface area contributed by atoms with Crippen LogP contribution >= 0.6 is 0 Å². The Morgan fingerprint density at radius 3 is 2.77 bits per heavy atom. The predicted octanol–water partition coefficient (Wildman–Crippen LogP) is 1.74. The minimum Gasteiger partial charge on any atom is -0.488 e. The van der Waals surface area contributed by atoms with Crippen molar-refractivity contribution in [2.24, 2.45) is 17.8 Å². The zero-order valence-electron chi connectivity index (χ0n) is 13.3. The Morgan fingerprint density at radius 1 is 1.27 bits per heavy atom. The number of ether oxygens (including phenoxy) is 1. The van der Waals surface area contributed by atoms with Crippen LogP contribution in [0.5, 0.6) is 5.75 Å². The molecule has 4 heteroatoms. The summed E-state index contributed by atoms with van der Waals surface area (Å²) in [5, 5.41) is 6.59. The second-order valence-corrected chi connectivity index (χ2v) is 7.48. The van der Waals surface area contributed by atoms with Crippen LogP contribution in [0.4, 0.5) is 0 Å². The van der Waals surface area contributed by atoms with Gasteiger partial charge in [0.15, 0.2) is 0 Å². The molecule has 2 aliphatic heterocycles. The Kier molecular flexibility index (Phi) is 3.19. The van der Waals surface area contributed by atoms with Gasteiger partial charge >= 0.3 is 0 Å². The topological polar surface area (TPSA) is 50.4 Å². The summed E-state index contributed by atoms with van der Waals surface area (Å²) in [5.74, 6) is 2.52. The number of para-hydroxylation sites is 1. The minimum absolute atomic E-state index is 0.0306. The molecule has 3 aliphatic rings. The fourth-order valence-corrected chi connectivity index (χ4v) is 4.12. The molecule has 0 bridgehead atoms. The third-order valence-electron chi connectivity index (χ3n) is 5.56. The highest BCUT2D eigenvalue weighted by Crippen LogP contribution is 2.49. The molecule has 1 aromatic carbocycles. The fourth-order valence-electron chi connectivity index (χ4n) is 4.12. The van der Waals surface area contributed by atoms with Gasteiger partial charge in [-0.05, 0) is 63.2 Å². The molecule has 4 rings (SSSR count). The van der Waals surface area contributed by atoms with E-state index in [1.54, 1.807) is 0 Å². The first-order valence-corrected chi connectivity index (χ1v) is 8.33. The first-order valence-electron chi connectivity index (χ1n) is 8.33. The molecule has 118 valence electrons. The van der Waals surface area contributed by atoms with Gasteiger partial charge in [0.05, 0.1) is 5.54 Å². The van der Waals surface area contributed by atoms with E-state index in [4.69, 9.17) is 4.74 Å². The number of benzene rings is 1. The maximum absolute atomic E-state index is 12.5. The van der Waals surface area contributed by atoms with Crippen LogP contribution in [0.3, 0.4) is 0 Å². The van der Waals surface area contributed by atoms with Gasteiger partial charge < -0.3 is 15.4 Å². The number of carbonyl (C=O) groups excluding carboxylic acids is 1. The number of aryl methyl sites for hydroxylation is 1. The van der Waals surface area contributed by atoms with Gasteiger partial charge in [0, 0.05) is 5.92 Å². The molecule has 1 amide bonds. The SMILES string of the molecule is CC(C)(NC(=O)C1C2CNC[C@@H]21)C1CCc2ccccc2O1. The molecule has 0 spiro atoms.